The third kappa shape index (κ3) is 2.62. The Balaban J connectivity index is 1.65. The number of amides is 3. The summed E-state index contributed by atoms with van der Waals surface area (Å²) in [5.41, 5.74) is 2.32. The fraction of sp³-hybridized carbons (Fsp3) is 0.176. The quantitative estimate of drug-likeness (QED) is 0.486. The molecule has 5 rings (SSSR count). The van der Waals surface area contributed by atoms with E-state index >= 15 is 0 Å². The fourth-order valence-electron chi connectivity index (χ4n) is 2.81. The van der Waals surface area contributed by atoms with E-state index in [1.807, 2.05) is 23.6 Å². The van der Waals surface area contributed by atoms with Gasteiger partial charge in [0.15, 0.2) is 5.65 Å². The van der Waals surface area contributed by atoms with Crippen LogP contribution in [0.1, 0.15) is 18.4 Å². The zero-order chi connectivity index (χ0) is 17.7. The number of carbonyl (C=O) groups excluding carboxylic acids is 2. The number of hydrogen-bond donors (Lipinski definition) is 3. The minimum absolute atomic E-state index is 0.185. The summed E-state index contributed by atoms with van der Waals surface area (Å²) in [7, 11) is 0. The minimum atomic E-state index is -0.527. The van der Waals surface area contributed by atoms with Gasteiger partial charge in [0.1, 0.15) is 11.5 Å². The largest absolute Gasteiger partial charge is 0.367 e. The van der Waals surface area contributed by atoms with Crippen molar-refractivity contribution in [2.45, 2.75) is 18.9 Å². The van der Waals surface area contributed by atoms with Crippen molar-refractivity contribution in [3.8, 4) is 10.6 Å². The van der Waals surface area contributed by atoms with Crippen LogP contribution >= 0.6 is 11.3 Å². The maximum absolute atomic E-state index is 11.8. The number of urea groups is 1. The summed E-state index contributed by atoms with van der Waals surface area (Å²) >= 11 is 1.61. The van der Waals surface area contributed by atoms with Gasteiger partial charge in [-0.1, -0.05) is 6.07 Å². The van der Waals surface area contributed by atoms with E-state index in [0.29, 0.717) is 17.3 Å². The van der Waals surface area contributed by atoms with Crippen molar-refractivity contribution in [1.82, 2.24) is 25.2 Å². The molecule has 26 heavy (non-hydrogen) atoms. The Morgan fingerprint density at radius 3 is 2.88 bits per heavy atom. The number of hydrogen-bond acceptors (Lipinski definition) is 6. The van der Waals surface area contributed by atoms with Crippen molar-refractivity contribution in [3.05, 3.63) is 41.0 Å². The highest BCUT2D eigenvalue weighted by Gasteiger charge is 2.25. The highest BCUT2D eigenvalue weighted by Crippen LogP contribution is 2.30. The van der Waals surface area contributed by atoms with E-state index in [1.54, 1.807) is 28.1 Å². The molecule has 1 aliphatic carbocycles. The van der Waals surface area contributed by atoms with Crippen LogP contribution in [0, 0.1) is 0 Å². The number of thiophene rings is 1. The topological polar surface area (TPSA) is 100 Å². The summed E-state index contributed by atoms with van der Waals surface area (Å²) in [6, 6.07) is 5.93. The van der Waals surface area contributed by atoms with Crippen LogP contribution in [0.5, 0.6) is 0 Å². The Labute approximate surface area is 151 Å². The van der Waals surface area contributed by atoms with Gasteiger partial charge in [0.2, 0.25) is 0 Å². The van der Waals surface area contributed by atoms with Crippen LogP contribution in [0.25, 0.3) is 22.3 Å². The molecule has 9 heteroatoms. The Morgan fingerprint density at radius 2 is 2.19 bits per heavy atom. The van der Waals surface area contributed by atoms with Crippen molar-refractivity contribution >= 4 is 40.8 Å². The zero-order valence-electron chi connectivity index (χ0n) is 13.5. The second-order valence-electron chi connectivity index (χ2n) is 6.22. The number of rotatable bonds is 4. The number of fused-ring (bicyclic) bond motifs is 1. The van der Waals surface area contributed by atoms with Crippen molar-refractivity contribution < 1.29 is 9.59 Å². The van der Waals surface area contributed by atoms with Gasteiger partial charge in [0.25, 0.3) is 5.91 Å². The summed E-state index contributed by atoms with van der Waals surface area (Å²) in [6.45, 7) is 0. The third-order valence-corrected chi connectivity index (χ3v) is 5.11. The summed E-state index contributed by atoms with van der Waals surface area (Å²) in [6.07, 6.45) is 5.52. The molecule has 3 amide bonds. The van der Waals surface area contributed by atoms with Crippen molar-refractivity contribution in [3.63, 3.8) is 0 Å². The van der Waals surface area contributed by atoms with Gasteiger partial charge in [-0.05, 0) is 30.4 Å². The molecular formula is C17H14N6O2S. The van der Waals surface area contributed by atoms with E-state index in [0.717, 1.165) is 29.2 Å². The van der Waals surface area contributed by atoms with Crippen LogP contribution in [0.2, 0.25) is 0 Å². The van der Waals surface area contributed by atoms with Crippen LogP contribution in [0.15, 0.2) is 35.5 Å². The van der Waals surface area contributed by atoms with Crippen LogP contribution < -0.4 is 16.0 Å². The number of aromatic nitrogens is 3. The first-order valence-corrected chi connectivity index (χ1v) is 9.08. The van der Waals surface area contributed by atoms with Gasteiger partial charge in [-0.15, -0.1) is 11.3 Å². The first kappa shape index (κ1) is 15.1. The predicted molar refractivity (Wildman–Crippen MR) is 97.6 cm³/mol. The molecule has 3 N–H and O–H groups in total. The van der Waals surface area contributed by atoms with E-state index in [9.17, 15) is 9.59 Å². The Hall–Kier alpha value is -3.20. The smallest absolute Gasteiger partial charge is 0.326 e. The molecule has 4 heterocycles. The van der Waals surface area contributed by atoms with Gasteiger partial charge in [-0.2, -0.15) is 9.61 Å². The molecule has 0 bridgehead atoms. The van der Waals surface area contributed by atoms with Crippen molar-refractivity contribution in [2.24, 2.45) is 0 Å². The molecule has 130 valence electrons. The predicted octanol–water partition coefficient (Wildman–Crippen LogP) is 2.21. The minimum Gasteiger partial charge on any atom is -0.367 e. The van der Waals surface area contributed by atoms with Gasteiger partial charge in [-0.3, -0.25) is 10.1 Å². The van der Waals surface area contributed by atoms with Gasteiger partial charge < -0.3 is 10.6 Å². The molecule has 3 aromatic rings. The summed E-state index contributed by atoms with van der Waals surface area (Å²) in [4.78, 5) is 28.9. The lowest BCUT2D eigenvalue weighted by molar-refractivity contribution is -0.115. The van der Waals surface area contributed by atoms with E-state index in [1.165, 1.54) is 0 Å². The molecule has 0 unspecified atom stereocenters. The van der Waals surface area contributed by atoms with Crippen molar-refractivity contribution in [1.29, 1.82) is 0 Å². The summed E-state index contributed by atoms with van der Waals surface area (Å²) in [5, 5.41) is 14.6. The first-order chi connectivity index (χ1) is 12.7. The molecule has 0 atom stereocenters. The number of carbonyl (C=O) groups is 2. The number of nitrogens with zero attached hydrogens (tertiary/aromatic N) is 3. The van der Waals surface area contributed by atoms with Crippen LogP contribution in [-0.2, 0) is 4.79 Å². The molecule has 1 saturated heterocycles. The Morgan fingerprint density at radius 1 is 1.31 bits per heavy atom. The molecule has 3 aromatic heterocycles. The average Bonchev–Trinajstić information content (AvgIpc) is 3.01. The lowest BCUT2D eigenvalue weighted by Crippen LogP contribution is -2.22. The fourth-order valence-corrected chi connectivity index (χ4v) is 3.50. The highest BCUT2D eigenvalue weighted by atomic mass is 32.1. The summed E-state index contributed by atoms with van der Waals surface area (Å²) < 4.78 is 1.73. The van der Waals surface area contributed by atoms with Crippen molar-refractivity contribution in [2.75, 3.05) is 5.32 Å². The zero-order valence-corrected chi connectivity index (χ0v) is 14.3. The standard InChI is InChI=1S/C17H14N6O2S/c24-16-12(21-17(25)22-16)6-9-8-18-23-14(19-10-3-4-10)7-11(20-15(9)23)13-2-1-5-26-13/h1-2,5-8,10,19H,3-4H2,(H2,21,22,24,25)/b12-6+. The second kappa shape index (κ2) is 5.67. The van der Waals surface area contributed by atoms with Gasteiger partial charge in [0, 0.05) is 17.7 Å². The molecule has 0 radical (unpaired) electrons. The lowest BCUT2D eigenvalue weighted by Gasteiger charge is -2.09. The SMILES string of the molecule is O=C1NC(=O)/C(=C\c2cnn3c(NC4CC4)cc(-c4cccs4)nc23)N1. The number of anilines is 1. The van der Waals surface area contributed by atoms with Gasteiger partial charge >= 0.3 is 6.03 Å². The monoisotopic (exact) mass is 366 g/mol. The molecule has 0 spiro atoms. The Kier molecular flexibility index (Phi) is 3.29. The maximum Gasteiger partial charge on any atom is 0.326 e. The number of imide groups is 1. The van der Waals surface area contributed by atoms with E-state index < -0.39 is 11.9 Å². The normalized spacial score (nSPS) is 18.4. The maximum atomic E-state index is 11.8. The first-order valence-electron chi connectivity index (χ1n) is 8.20. The van der Waals surface area contributed by atoms with Crippen LogP contribution in [0.4, 0.5) is 10.6 Å². The van der Waals surface area contributed by atoms with E-state index in [4.69, 9.17) is 4.98 Å². The Bertz CT molecular complexity index is 1060. The molecule has 8 nitrogen and oxygen atoms in total. The van der Waals surface area contributed by atoms with Crippen LogP contribution in [-0.4, -0.2) is 32.6 Å². The second-order valence-corrected chi connectivity index (χ2v) is 7.17. The molecule has 1 saturated carbocycles. The molecule has 2 aliphatic rings. The third-order valence-electron chi connectivity index (χ3n) is 4.22. The lowest BCUT2D eigenvalue weighted by atomic mass is 10.2. The van der Waals surface area contributed by atoms with Crippen LogP contribution in [0.3, 0.4) is 0 Å². The molecular weight excluding hydrogens is 352 g/mol. The van der Waals surface area contributed by atoms with Gasteiger partial charge in [0.05, 0.1) is 16.8 Å². The molecule has 2 fully saturated rings. The van der Waals surface area contributed by atoms with E-state index in [2.05, 4.69) is 21.0 Å². The highest BCUT2D eigenvalue weighted by molar-refractivity contribution is 7.13. The van der Waals surface area contributed by atoms with Gasteiger partial charge in [-0.25, -0.2) is 9.78 Å². The molecule has 1 aliphatic heterocycles. The van der Waals surface area contributed by atoms with E-state index in [-0.39, 0.29) is 5.70 Å². The number of nitrogens with one attached hydrogen (secondary N) is 3. The average molecular weight is 366 g/mol. The summed E-state index contributed by atoms with van der Waals surface area (Å²) in [5.74, 6) is 0.408. The molecule has 0 aromatic carbocycles.